The molecule has 21 heavy (non-hydrogen) atoms. The molecule has 0 aliphatic rings. The molecule has 0 saturated heterocycles. The number of nitrogens with two attached hydrogens (primary N) is 1. The second-order valence-corrected chi connectivity index (χ2v) is 4.97. The first-order valence-corrected chi connectivity index (χ1v) is 6.98. The fraction of sp³-hybridized carbons (Fsp3) is 0.235. The molecule has 0 aliphatic carbocycles. The maximum Gasteiger partial charge on any atom is 0.221 e. The monoisotopic (exact) mass is 286 g/mol. The molecule has 3 N–H and O–H groups in total. The average molecular weight is 286 g/mol. The zero-order valence-corrected chi connectivity index (χ0v) is 12.0. The minimum atomic E-state index is -0.353. The van der Waals surface area contributed by atoms with Crippen LogP contribution in [-0.4, -0.2) is 5.91 Å². The maximum absolute atomic E-state index is 13.8. The lowest BCUT2D eigenvalue weighted by atomic mass is 10.0. The first-order valence-electron chi connectivity index (χ1n) is 6.98. The van der Waals surface area contributed by atoms with Crippen LogP contribution in [0.2, 0.25) is 0 Å². The van der Waals surface area contributed by atoms with Gasteiger partial charge in [0.1, 0.15) is 5.82 Å². The second-order valence-electron chi connectivity index (χ2n) is 4.97. The van der Waals surface area contributed by atoms with E-state index in [1.54, 1.807) is 12.1 Å². The largest absolute Gasteiger partial charge is 0.378 e. The molecule has 2 rings (SSSR count). The summed E-state index contributed by atoms with van der Waals surface area (Å²) < 4.78 is 13.8. The Morgan fingerprint density at radius 1 is 1.19 bits per heavy atom. The molecule has 0 fully saturated rings. The molecule has 2 aromatic rings. The number of hydrogen-bond acceptors (Lipinski definition) is 2. The lowest BCUT2D eigenvalue weighted by Crippen LogP contribution is -2.14. The van der Waals surface area contributed by atoms with Gasteiger partial charge in [-0.1, -0.05) is 37.3 Å². The number of benzene rings is 2. The minimum Gasteiger partial charge on any atom is -0.378 e. The van der Waals surface area contributed by atoms with Crippen molar-refractivity contribution >= 4 is 11.6 Å². The number of carbonyl (C=O) groups is 1. The van der Waals surface area contributed by atoms with Crippen LogP contribution >= 0.6 is 0 Å². The Morgan fingerprint density at radius 2 is 1.86 bits per heavy atom. The Labute approximate surface area is 124 Å². The molecule has 0 heterocycles. The van der Waals surface area contributed by atoms with Gasteiger partial charge in [-0.2, -0.15) is 0 Å². The van der Waals surface area contributed by atoms with Crippen LogP contribution in [0.5, 0.6) is 0 Å². The van der Waals surface area contributed by atoms with Gasteiger partial charge in [-0.25, -0.2) is 4.39 Å². The third-order valence-electron chi connectivity index (χ3n) is 3.36. The van der Waals surface area contributed by atoms with Crippen molar-refractivity contribution in [2.75, 3.05) is 5.32 Å². The molecule has 110 valence electrons. The number of primary amides is 1. The van der Waals surface area contributed by atoms with E-state index >= 15 is 0 Å². The maximum atomic E-state index is 13.8. The smallest absolute Gasteiger partial charge is 0.221 e. The van der Waals surface area contributed by atoms with Crippen molar-refractivity contribution in [3.05, 3.63) is 65.5 Å². The summed E-state index contributed by atoms with van der Waals surface area (Å²) in [4.78, 5) is 10.9. The molecule has 3 nitrogen and oxygen atoms in total. The summed E-state index contributed by atoms with van der Waals surface area (Å²) in [5.74, 6) is -0.560. The van der Waals surface area contributed by atoms with Gasteiger partial charge in [0.15, 0.2) is 0 Å². The Kier molecular flexibility index (Phi) is 4.93. The number of hydrogen-bond donors (Lipinski definition) is 2. The first kappa shape index (κ1) is 15.0. The predicted molar refractivity (Wildman–Crippen MR) is 82.4 cm³/mol. The summed E-state index contributed by atoms with van der Waals surface area (Å²) in [5.41, 5.74) is 7.57. The van der Waals surface area contributed by atoms with Crippen LogP contribution in [0.3, 0.4) is 0 Å². The topological polar surface area (TPSA) is 55.1 Å². The number of rotatable bonds is 6. The minimum absolute atomic E-state index is 0.0896. The first-order chi connectivity index (χ1) is 10.1. The summed E-state index contributed by atoms with van der Waals surface area (Å²) in [7, 11) is 0. The van der Waals surface area contributed by atoms with Gasteiger partial charge in [-0.05, 0) is 30.2 Å². The third kappa shape index (κ3) is 4.05. The Balaban J connectivity index is 2.12. The van der Waals surface area contributed by atoms with Gasteiger partial charge >= 0.3 is 0 Å². The van der Waals surface area contributed by atoms with Crippen LogP contribution in [0.1, 0.15) is 30.5 Å². The fourth-order valence-corrected chi connectivity index (χ4v) is 2.28. The van der Waals surface area contributed by atoms with Gasteiger partial charge < -0.3 is 11.1 Å². The zero-order chi connectivity index (χ0) is 15.2. The molecule has 1 unspecified atom stereocenters. The Bertz CT molecular complexity index is 610. The van der Waals surface area contributed by atoms with E-state index in [2.05, 4.69) is 5.32 Å². The average Bonchev–Trinajstić information content (AvgIpc) is 2.47. The molecular formula is C17H19FN2O. The van der Waals surface area contributed by atoms with E-state index in [0.29, 0.717) is 5.56 Å². The van der Waals surface area contributed by atoms with Crippen LogP contribution < -0.4 is 11.1 Å². The van der Waals surface area contributed by atoms with Crippen molar-refractivity contribution in [2.45, 2.75) is 25.8 Å². The Morgan fingerprint density at radius 3 is 2.43 bits per heavy atom. The number of amides is 1. The van der Waals surface area contributed by atoms with E-state index in [9.17, 15) is 9.18 Å². The van der Waals surface area contributed by atoms with Crippen LogP contribution in [0.4, 0.5) is 10.1 Å². The van der Waals surface area contributed by atoms with Gasteiger partial charge in [0.05, 0.1) is 12.5 Å². The molecule has 1 amide bonds. The molecule has 1 atom stereocenters. The summed E-state index contributed by atoms with van der Waals surface area (Å²) in [6.45, 7) is 2.01. The van der Waals surface area contributed by atoms with Crippen molar-refractivity contribution in [1.82, 2.24) is 0 Å². The zero-order valence-electron chi connectivity index (χ0n) is 12.0. The molecular weight excluding hydrogens is 267 g/mol. The predicted octanol–water partition coefficient (Wildman–Crippen LogP) is 3.42. The summed E-state index contributed by atoms with van der Waals surface area (Å²) in [6, 6.07) is 14.1. The second kappa shape index (κ2) is 6.88. The van der Waals surface area contributed by atoms with Crippen molar-refractivity contribution in [3.63, 3.8) is 0 Å². The summed E-state index contributed by atoms with van der Waals surface area (Å²) in [6.07, 6.45) is 0.995. The van der Waals surface area contributed by atoms with E-state index < -0.39 is 0 Å². The SMILES string of the molecule is CCC(Nc1ccc(CC(N)=O)cc1)c1ccccc1F. The van der Waals surface area contributed by atoms with Gasteiger partial charge in [0, 0.05) is 11.3 Å². The lowest BCUT2D eigenvalue weighted by molar-refractivity contribution is -0.117. The van der Waals surface area contributed by atoms with Crippen molar-refractivity contribution in [1.29, 1.82) is 0 Å². The quantitative estimate of drug-likeness (QED) is 0.855. The Hall–Kier alpha value is -2.36. The third-order valence-corrected chi connectivity index (χ3v) is 3.36. The highest BCUT2D eigenvalue weighted by molar-refractivity contribution is 5.76. The molecule has 2 aromatic carbocycles. The van der Waals surface area contributed by atoms with Crippen LogP contribution in [0.15, 0.2) is 48.5 Å². The van der Waals surface area contributed by atoms with Crippen molar-refractivity contribution in [2.24, 2.45) is 5.73 Å². The van der Waals surface area contributed by atoms with Crippen molar-refractivity contribution in [3.8, 4) is 0 Å². The summed E-state index contributed by atoms with van der Waals surface area (Å²) in [5, 5.41) is 3.31. The normalized spacial score (nSPS) is 11.9. The van der Waals surface area contributed by atoms with E-state index in [1.807, 2.05) is 37.3 Å². The molecule has 0 radical (unpaired) electrons. The molecule has 0 bridgehead atoms. The highest BCUT2D eigenvalue weighted by atomic mass is 19.1. The van der Waals surface area contributed by atoms with E-state index in [1.165, 1.54) is 6.07 Å². The number of halogens is 1. The van der Waals surface area contributed by atoms with Crippen LogP contribution in [0, 0.1) is 5.82 Å². The van der Waals surface area contributed by atoms with Crippen molar-refractivity contribution < 1.29 is 9.18 Å². The van der Waals surface area contributed by atoms with Gasteiger partial charge in [0.2, 0.25) is 5.91 Å². The number of carbonyl (C=O) groups excluding carboxylic acids is 1. The summed E-state index contributed by atoms with van der Waals surface area (Å²) >= 11 is 0. The highest BCUT2D eigenvalue weighted by Crippen LogP contribution is 2.24. The highest BCUT2D eigenvalue weighted by Gasteiger charge is 2.13. The number of nitrogens with one attached hydrogen (secondary N) is 1. The molecule has 0 spiro atoms. The van der Waals surface area contributed by atoms with Crippen LogP contribution in [0.25, 0.3) is 0 Å². The van der Waals surface area contributed by atoms with Crippen LogP contribution in [-0.2, 0) is 11.2 Å². The standard InChI is InChI=1S/C17H19FN2O/c1-2-16(14-5-3-4-6-15(14)18)20-13-9-7-12(8-10-13)11-17(19)21/h3-10,16,20H,2,11H2,1H3,(H2,19,21). The van der Waals surface area contributed by atoms with Gasteiger partial charge in [-0.15, -0.1) is 0 Å². The molecule has 0 aromatic heterocycles. The van der Waals surface area contributed by atoms with E-state index in [4.69, 9.17) is 5.73 Å². The lowest BCUT2D eigenvalue weighted by Gasteiger charge is -2.19. The fourth-order valence-electron chi connectivity index (χ4n) is 2.28. The number of anilines is 1. The molecule has 4 heteroatoms. The van der Waals surface area contributed by atoms with Gasteiger partial charge in [-0.3, -0.25) is 4.79 Å². The molecule has 0 saturated carbocycles. The molecule has 0 aliphatic heterocycles. The van der Waals surface area contributed by atoms with Gasteiger partial charge in [0.25, 0.3) is 0 Å². The van der Waals surface area contributed by atoms with E-state index in [-0.39, 0.29) is 24.2 Å². The van der Waals surface area contributed by atoms with E-state index in [0.717, 1.165) is 17.7 Å².